The highest BCUT2D eigenvalue weighted by Crippen LogP contribution is 2.19. The Kier molecular flexibility index (Phi) is 4.20. The summed E-state index contributed by atoms with van der Waals surface area (Å²) < 4.78 is 5.62. The molecule has 1 aliphatic heterocycles. The first-order valence-electron chi connectivity index (χ1n) is 8.11. The van der Waals surface area contributed by atoms with E-state index in [0.717, 1.165) is 49.8 Å². The van der Waals surface area contributed by atoms with Crippen LogP contribution in [-0.2, 0) is 6.54 Å². The highest BCUT2D eigenvalue weighted by atomic mass is 16.3. The Balaban J connectivity index is 1.35. The maximum Gasteiger partial charge on any atom is 0.226 e. The molecule has 6 nitrogen and oxygen atoms in total. The SMILES string of the molecule is c1ccc(-c2nc(CN3CCN(c4cnccn4)CC3)co2)cc1. The minimum absolute atomic E-state index is 0.684. The molecule has 0 radical (unpaired) electrons. The molecule has 0 bridgehead atoms. The third-order valence-electron chi connectivity index (χ3n) is 4.20. The normalized spacial score (nSPS) is 15.6. The summed E-state index contributed by atoms with van der Waals surface area (Å²) in [5.41, 5.74) is 1.98. The summed E-state index contributed by atoms with van der Waals surface area (Å²) in [6.07, 6.45) is 7.02. The Morgan fingerprint density at radius 1 is 1.00 bits per heavy atom. The topological polar surface area (TPSA) is 58.3 Å². The second-order valence-corrected chi connectivity index (χ2v) is 5.84. The maximum atomic E-state index is 5.62. The van der Waals surface area contributed by atoms with Crippen LogP contribution in [0.3, 0.4) is 0 Å². The zero-order chi connectivity index (χ0) is 16.2. The Bertz CT molecular complexity index is 766. The molecule has 4 rings (SSSR count). The lowest BCUT2D eigenvalue weighted by molar-refractivity contribution is 0.246. The van der Waals surface area contributed by atoms with Crippen LogP contribution in [0.15, 0.2) is 59.6 Å². The van der Waals surface area contributed by atoms with E-state index >= 15 is 0 Å². The molecule has 1 fully saturated rings. The van der Waals surface area contributed by atoms with Gasteiger partial charge in [0.1, 0.15) is 12.1 Å². The monoisotopic (exact) mass is 321 g/mol. The summed E-state index contributed by atoms with van der Waals surface area (Å²) in [6.45, 7) is 4.66. The molecule has 1 aromatic carbocycles. The van der Waals surface area contributed by atoms with Gasteiger partial charge >= 0.3 is 0 Å². The molecule has 24 heavy (non-hydrogen) atoms. The summed E-state index contributed by atoms with van der Waals surface area (Å²) >= 11 is 0. The van der Waals surface area contributed by atoms with E-state index in [1.165, 1.54) is 0 Å². The van der Waals surface area contributed by atoms with E-state index in [-0.39, 0.29) is 0 Å². The lowest BCUT2D eigenvalue weighted by Gasteiger charge is -2.34. The van der Waals surface area contributed by atoms with E-state index in [4.69, 9.17) is 4.42 Å². The molecular weight excluding hydrogens is 302 g/mol. The van der Waals surface area contributed by atoms with Crippen LogP contribution >= 0.6 is 0 Å². The van der Waals surface area contributed by atoms with Gasteiger partial charge in [-0.2, -0.15) is 0 Å². The number of anilines is 1. The van der Waals surface area contributed by atoms with Gasteiger partial charge in [-0.3, -0.25) is 9.88 Å². The minimum atomic E-state index is 0.684. The van der Waals surface area contributed by atoms with E-state index in [1.54, 1.807) is 18.7 Å². The molecule has 0 N–H and O–H groups in total. The second-order valence-electron chi connectivity index (χ2n) is 5.84. The number of piperazine rings is 1. The summed E-state index contributed by atoms with van der Waals surface area (Å²) in [4.78, 5) is 17.8. The average molecular weight is 321 g/mol. The third-order valence-corrected chi connectivity index (χ3v) is 4.20. The molecule has 3 heterocycles. The Morgan fingerprint density at radius 2 is 1.83 bits per heavy atom. The van der Waals surface area contributed by atoms with Crippen molar-refractivity contribution in [2.75, 3.05) is 31.1 Å². The van der Waals surface area contributed by atoms with Gasteiger partial charge in [0.15, 0.2) is 0 Å². The zero-order valence-corrected chi connectivity index (χ0v) is 13.4. The van der Waals surface area contributed by atoms with Crippen molar-refractivity contribution in [3.63, 3.8) is 0 Å². The van der Waals surface area contributed by atoms with Crippen molar-refractivity contribution in [2.45, 2.75) is 6.54 Å². The molecule has 2 aromatic heterocycles. The van der Waals surface area contributed by atoms with Crippen LogP contribution in [0.2, 0.25) is 0 Å². The summed E-state index contributed by atoms with van der Waals surface area (Å²) in [6, 6.07) is 9.99. The van der Waals surface area contributed by atoms with Crippen molar-refractivity contribution in [1.29, 1.82) is 0 Å². The van der Waals surface area contributed by atoms with Crippen LogP contribution in [0, 0.1) is 0 Å². The van der Waals surface area contributed by atoms with Crippen LogP contribution in [0.25, 0.3) is 11.5 Å². The predicted molar refractivity (Wildman–Crippen MR) is 91.5 cm³/mol. The van der Waals surface area contributed by atoms with Gasteiger partial charge in [-0.1, -0.05) is 18.2 Å². The molecule has 122 valence electrons. The van der Waals surface area contributed by atoms with Gasteiger partial charge in [-0.15, -0.1) is 0 Å². The van der Waals surface area contributed by atoms with Gasteiger partial charge < -0.3 is 9.32 Å². The van der Waals surface area contributed by atoms with Crippen molar-refractivity contribution >= 4 is 5.82 Å². The average Bonchev–Trinajstić information content (AvgIpc) is 3.12. The molecule has 1 aliphatic rings. The quantitative estimate of drug-likeness (QED) is 0.736. The number of oxazole rings is 1. The van der Waals surface area contributed by atoms with Crippen molar-refractivity contribution in [1.82, 2.24) is 19.9 Å². The Hall–Kier alpha value is -2.73. The number of aromatic nitrogens is 3. The van der Waals surface area contributed by atoms with E-state index in [2.05, 4.69) is 24.8 Å². The van der Waals surface area contributed by atoms with E-state index in [9.17, 15) is 0 Å². The number of hydrogen-bond donors (Lipinski definition) is 0. The lowest BCUT2D eigenvalue weighted by Crippen LogP contribution is -2.46. The van der Waals surface area contributed by atoms with Crippen LogP contribution in [-0.4, -0.2) is 46.0 Å². The van der Waals surface area contributed by atoms with Crippen LogP contribution < -0.4 is 4.90 Å². The highest BCUT2D eigenvalue weighted by Gasteiger charge is 2.19. The molecule has 3 aromatic rings. The zero-order valence-electron chi connectivity index (χ0n) is 13.4. The summed E-state index contributed by atoms with van der Waals surface area (Å²) in [5.74, 6) is 1.63. The van der Waals surface area contributed by atoms with Gasteiger partial charge in [-0.25, -0.2) is 9.97 Å². The van der Waals surface area contributed by atoms with Gasteiger partial charge in [0, 0.05) is 50.7 Å². The molecule has 0 saturated carbocycles. The van der Waals surface area contributed by atoms with Crippen molar-refractivity contribution in [3.05, 3.63) is 60.9 Å². The second kappa shape index (κ2) is 6.80. The molecule has 1 saturated heterocycles. The number of rotatable bonds is 4. The fraction of sp³-hybridized carbons (Fsp3) is 0.278. The number of hydrogen-bond acceptors (Lipinski definition) is 6. The van der Waals surface area contributed by atoms with Crippen molar-refractivity contribution in [3.8, 4) is 11.5 Å². The van der Waals surface area contributed by atoms with Crippen LogP contribution in [0.1, 0.15) is 5.69 Å². The Labute approximate surface area is 140 Å². The van der Waals surface area contributed by atoms with Crippen LogP contribution in [0.4, 0.5) is 5.82 Å². The van der Waals surface area contributed by atoms with E-state index < -0.39 is 0 Å². The first kappa shape index (κ1) is 14.8. The Morgan fingerprint density at radius 3 is 2.58 bits per heavy atom. The predicted octanol–water partition coefficient (Wildman–Crippen LogP) is 2.45. The minimum Gasteiger partial charge on any atom is -0.444 e. The lowest BCUT2D eigenvalue weighted by atomic mass is 10.2. The van der Waals surface area contributed by atoms with Gasteiger partial charge in [0.05, 0.1) is 11.9 Å². The first-order valence-corrected chi connectivity index (χ1v) is 8.11. The standard InChI is InChI=1S/C18H19N5O/c1-2-4-15(5-3-1)18-21-16(14-24-18)13-22-8-10-23(11-9-22)17-12-19-6-7-20-17/h1-7,12,14H,8-11,13H2. The number of benzene rings is 1. The van der Waals surface area contributed by atoms with Gasteiger partial charge in [0.2, 0.25) is 5.89 Å². The first-order chi connectivity index (χ1) is 11.9. The smallest absolute Gasteiger partial charge is 0.226 e. The maximum absolute atomic E-state index is 5.62. The molecule has 0 amide bonds. The third kappa shape index (κ3) is 3.28. The van der Waals surface area contributed by atoms with E-state index in [0.29, 0.717) is 5.89 Å². The summed E-state index contributed by atoms with van der Waals surface area (Å²) in [5, 5.41) is 0. The molecule has 0 unspecified atom stereocenters. The molecule has 0 atom stereocenters. The molecule has 0 spiro atoms. The van der Waals surface area contributed by atoms with Crippen LogP contribution in [0.5, 0.6) is 0 Å². The summed E-state index contributed by atoms with van der Waals surface area (Å²) in [7, 11) is 0. The molecule has 6 heteroatoms. The van der Waals surface area contributed by atoms with Crippen molar-refractivity contribution in [2.24, 2.45) is 0 Å². The fourth-order valence-corrected chi connectivity index (χ4v) is 2.91. The molecule has 0 aliphatic carbocycles. The highest BCUT2D eigenvalue weighted by molar-refractivity contribution is 5.52. The fourth-order valence-electron chi connectivity index (χ4n) is 2.91. The van der Waals surface area contributed by atoms with Gasteiger partial charge in [-0.05, 0) is 12.1 Å². The molecular formula is C18H19N5O. The van der Waals surface area contributed by atoms with Gasteiger partial charge in [0.25, 0.3) is 0 Å². The van der Waals surface area contributed by atoms with E-state index in [1.807, 2.05) is 36.5 Å². The largest absolute Gasteiger partial charge is 0.444 e. The number of nitrogens with zero attached hydrogens (tertiary/aromatic N) is 5. The van der Waals surface area contributed by atoms with Crippen molar-refractivity contribution < 1.29 is 4.42 Å².